The zero-order chi connectivity index (χ0) is 13.3. The fourth-order valence-corrected chi connectivity index (χ4v) is 1.97. The van der Waals surface area contributed by atoms with Gasteiger partial charge >= 0.3 is 0 Å². The van der Waals surface area contributed by atoms with Gasteiger partial charge < -0.3 is 11.5 Å². The number of carbonyl (C=O) groups excluding carboxylic acids is 1. The number of primary amides is 1. The molecule has 4 heteroatoms. The van der Waals surface area contributed by atoms with Crippen LogP contribution in [0.15, 0.2) is 30.5 Å². The number of nitrogen functional groups attached to an aromatic ring is 1. The van der Waals surface area contributed by atoms with Crippen LogP contribution in [0.25, 0.3) is 11.1 Å². The van der Waals surface area contributed by atoms with Crippen molar-refractivity contribution in [3.05, 3.63) is 47.2 Å². The minimum Gasteiger partial charge on any atom is -0.383 e. The molecule has 1 aromatic carbocycles. The normalized spacial score (nSPS) is 10.3. The summed E-state index contributed by atoms with van der Waals surface area (Å²) in [6, 6.07) is 7.83. The fourth-order valence-electron chi connectivity index (χ4n) is 1.97. The molecule has 0 aliphatic carbocycles. The lowest BCUT2D eigenvalue weighted by Gasteiger charge is -2.07. The van der Waals surface area contributed by atoms with E-state index in [4.69, 9.17) is 11.5 Å². The molecule has 1 aromatic heterocycles. The highest BCUT2D eigenvalue weighted by molar-refractivity contribution is 5.98. The maximum absolute atomic E-state index is 11.2. The van der Waals surface area contributed by atoms with E-state index in [9.17, 15) is 4.79 Å². The first-order chi connectivity index (χ1) is 8.47. The van der Waals surface area contributed by atoms with Crippen LogP contribution in [0.1, 0.15) is 21.5 Å². The highest BCUT2D eigenvalue weighted by Gasteiger charge is 2.09. The number of nitrogens with two attached hydrogens (primary N) is 2. The Hall–Kier alpha value is -2.36. The number of pyridine rings is 1. The number of aromatic nitrogens is 1. The van der Waals surface area contributed by atoms with Gasteiger partial charge in [0.25, 0.3) is 5.91 Å². The highest BCUT2D eigenvalue weighted by atomic mass is 16.1. The summed E-state index contributed by atoms with van der Waals surface area (Å²) in [6.07, 6.45) is 1.65. The molecule has 18 heavy (non-hydrogen) atoms. The summed E-state index contributed by atoms with van der Waals surface area (Å²) in [6.45, 7) is 4.05. The number of aryl methyl sites for hydroxylation is 2. The van der Waals surface area contributed by atoms with E-state index in [1.165, 1.54) is 0 Å². The average molecular weight is 241 g/mol. The lowest BCUT2D eigenvalue weighted by atomic mass is 10.0. The quantitative estimate of drug-likeness (QED) is 0.844. The Morgan fingerprint density at radius 2 is 1.67 bits per heavy atom. The van der Waals surface area contributed by atoms with E-state index in [0.717, 1.165) is 22.3 Å². The maximum Gasteiger partial charge on any atom is 0.252 e. The Morgan fingerprint density at radius 1 is 1.06 bits per heavy atom. The summed E-state index contributed by atoms with van der Waals surface area (Å²) in [7, 11) is 0. The van der Waals surface area contributed by atoms with Crippen molar-refractivity contribution in [3.63, 3.8) is 0 Å². The smallest absolute Gasteiger partial charge is 0.252 e. The second-order valence-electron chi connectivity index (χ2n) is 4.40. The molecule has 1 amide bonds. The number of amides is 1. The van der Waals surface area contributed by atoms with Crippen LogP contribution < -0.4 is 11.5 Å². The predicted octanol–water partition coefficient (Wildman–Crippen LogP) is 2.05. The van der Waals surface area contributed by atoms with Crippen LogP contribution >= 0.6 is 0 Å². The average Bonchev–Trinajstić information content (AvgIpc) is 2.27. The molecule has 0 saturated heterocycles. The van der Waals surface area contributed by atoms with E-state index in [1.807, 2.05) is 26.0 Å². The molecule has 0 bridgehead atoms. The van der Waals surface area contributed by atoms with Crippen molar-refractivity contribution in [2.75, 3.05) is 5.73 Å². The number of anilines is 1. The Balaban J connectivity index is 2.57. The standard InChI is InChI=1S/C14H15N3O/c1-8-3-9(2)5-10(4-8)11-6-12(14(16)18)13(15)17-7-11/h3-7H,1-2H3,(H2,15,17)(H2,16,18). The Morgan fingerprint density at radius 3 is 2.22 bits per heavy atom. The van der Waals surface area contributed by atoms with Gasteiger partial charge in [0.1, 0.15) is 5.82 Å². The number of hydrogen-bond donors (Lipinski definition) is 2. The molecule has 2 aromatic rings. The van der Waals surface area contributed by atoms with Crippen LogP contribution in [0.4, 0.5) is 5.82 Å². The third-order valence-electron chi connectivity index (χ3n) is 2.74. The van der Waals surface area contributed by atoms with Gasteiger partial charge in [-0.1, -0.05) is 29.3 Å². The summed E-state index contributed by atoms with van der Waals surface area (Å²) in [4.78, 5) is 15.3. The topological polar surface area (TPSA) is 82.0 Å². The highest BCUT2D eigenvalue weighted by Crippen LogP contribution is 2.24. The summed E-state index contributed by atoms with van der Waals surface area (Å²) in [5, 5.41) is 0. The minimum atomic E-state index is -0.564. The summed E-state index contributed by atoms with van der Waals surface area (Å²) >= 11 is 0. The molecule has 4 N–H and O–H groups in total. The van der Waals surface area contributed by atoms with Crippen molar-refractivity contribution in [2.45, 2.75) is 13.8 Å². The van der Waals surface area contributed by atoms with Gasteiger partial charge in [0, 0.05) is 11.8 Å². The van der Waals surface area contributed by atoms with Gasteiger partial charge in [0.2, 0.25) is 0 Å². The van der Waals surface area contributed by atoms with Crippen LogP contribution in [-0.2, 0) is 0 Å². The zero-order valence-corrected chi connectivity index (χ0v) is 10.4. The van der Waals surface area contributed by atoms with Crippen molar-refractivity contribution in [1.82, 2.24) is 4.98 Å². The Bertz CT molecular complexity index is 600. The molecule has 1 heterocycles. The van der Waals surface area contributed by atoms with Crippen molar-refractivity contribution < 1.29 is 4.79 Å². The van der Waals surface area contributed by atoms with Gasteiger partial charge in [-0.2, -0.15) is 0 Å². The number of rotatable bonds is 2. The van der Waals surface area contributed by atoms with E-state index >= 15 is 0 Å². The first-order valence-electron chi connectivity index (χ1n) is 5.61. The molecule has 0 unspecified atom stereocenters. The van der Waals surface area contributed by atoms with Crippen molar-refractivity contribution in [2.24, 2.45) is 5.73 Å². The summed E-state index contributed by atoms with van der Waals surface area (Å²) in [5.74, 6) is -0.401. The van der Waals surface area contributed by atoms with Crippen molar-refractivity contribution in [3.8, 4) is 11.1 Å². The molecule has 0 saturated carbocycles. The molecule has 0 spiro atoms. The summed E-state index contributed by atoms with van der Waals surface area (Å²) in [5.41, 5.74) is 15.3. The van der Waals surface area contributed by atoms with Gasteiger partial charge in [-0.15, -0.1) is 0 Å². The fraction of sp³-hybridized carbons (Fsp3) is 0.143. The summed E-state index contributed by atoms with van der Waals surface area (Å²) < 4.78 is 0. The van der Waals surface area contributed by atoms with Gasteiger partial charge in [-0.05, 0) is 25.5 Å². The maximum atomic E-state index is 11.2. The monoisotopic (exact) mass is 241 g/mol. The Kier molecular flexibility index (Phi) is 3.02. The largest absolute Gasteiger partial charge is 0.383 e. The molecule has 0 atom stereocenters. The lowest BCUT2D eigenvalue weighted by Crippen LogP contribution is -2.14. The first-order valence-corrected chi connectivity index (χ1v) is 5.61. The van der Waals surface area contributed by atoms with Gasteiger partial charge in [0.15, 0.2) is 0 Å². The van der Waals surface area contributed by atoms with Crippen LogP contribution in [0.5, 0.6) is 0 Å². The minimum absolute atomic E-state index is 0.163. The number of hydrogen-bond acceptors (Lipinski definition) is 3. The van der Waals surface area contributed by atoms with Gasteiger partial charge in [-0.3, -0.25) is 4.79 Å². The SMILES string of the molecule is Cc1cc(C)cc(-c2cnc(N)c(C(N)=O)c2)c1. The van der Waals surface area contributed by atoms with Crippen molar-refractivity contribution in [1.29, 1.82) is 0 Å². The van der Waals surface area contributed by atoms with Crippen LogP contribution in [0.3, 0.4) is 0 Å². The number of benzene rings is 1. The predicted molar refractivity (Wildman–Crippen MR) is 72.1 cm³/mol. The number of nitrogens with zero attached hydrogens (tertiary/aromatic N) is 1. The zero-order valence-electron chi connectivity index (χ0n) is 10.4. The van der Waals surface area contributed by atoms with E-state index in [0.29, 0.717) is 0 Å². The van der Waals surface area contributed by atoms with E-state index < -0.39 is 5.91 Å². The lowest BCUT2D eigenvalue weighted by molar-refractivity contribution is 0.100. The Labute approximate surface area is 106 Å². The van der Waals surface area contributed by atoms with Gasteiger partial charge in [0.05, 0.1) is 5.56 Å². The molecular formula is C14H15N3O. The second-order valence-corrected chi connectivity index (χ2v) is 4.40. The molecule has 0 aliphatic heterocycles. The molecule has 2 rings (SSSR count). The van der Waals surface area contributed by atoms with Crippen LogP contribution in [0, 0.1) is 13.8 Å². The first kappa shape index (κ1) is 12.1. The van der Waals surface area contributed by atoms with Gasteiger partial charge in [-0.25, -0.2) is 4.98 Å². The molecule has 0 fully saturated rings. The van der Waals surface area contributed by atoms with E-state index in [1.54, 1.807) is 12.3 Å². The molecule has 4 nitrogen and oxygen atoms in total. The van der Waals surface area contributed by atoms with Crippen LogP contribution in [0.2, 0.25) is 0 Å². The van der Waals surface area contributed by atoms with Crippen LogP contribution in [-0.4, -0.2) is 10.9 Å². The third-order valence-corrected chi connectivity index (χ3v) is 2.74. The van der Waals surface area contributed by atoms with E-state index in [-0.39, 0.29) is 11.4 Å². The molecule has 0 radical (unpaired) electrons. The second kappa shape index (κ2) is 4.49. The molecular weight excluding hydrogens is 226 g/mol. The third kappa shape index (κ3) is 2.32. The molecule has 0 aliphatic rings. The number of carbonyl (C=O) groups is 1. The van der Waals surface area contributed by atoms with Crippen molar-refractivity contribution >= 4 is 11.7 Å². The molecule has 92 valence electrons. The van der Waals surface area contributed by atoms with E-state index in [2.05, 4.69) is 11.1 Å².